The number of benzene rings is 2. The number of halogens is 1. The van der Waals surface area contributed by atoms with E-state index in [4.69, 9.17) is 16.3 Å². The highest BCUT2D eigenvalue weighted by Crippen LogP contribution is 2.22. The molecular formula is C20H18ClNO2. The summed E-state index contributed by atoms with van der Waals surface area (Å²) < 4.78 is 7.86. The van der Waals surface area contributed by atoms with Crippen LogP contribution in [0.3, 0.4) is 0 Å². The van der Waals surface area contributed by atoms with Gasteiger partial charge in [0.05, 0.1) is 0 Å². The summed E-state index contributed by atoms with van der Waals surface area (Å²) in [6.45, 7) is 4.43. The maximum Gasteiger partial charge on any atom is 0.151 e. The van der Waals surface area contributed by atoms with Gasteiger partial charge in [-0.05, 0) is 61.9 Å². The van der Waals surface area contributed by atoms with Gasteiger partial charge in [-0.2, -0.15) is 0 Å². The largest absolute Gasteiger partial charge is 0.489 e. The van der Waals surface area contributed by atoms with Crippen LogP contribution in [0.5, 0.6) is 5.75 Å². The van der Waals surface area contributed by atoms with E-state index in [-0.39, 0.29) is 0 Å². The molecule has 4 heteroatoms. The zero-order valence-electron chi connectivity index (χ0n) is 13.6. The number of carbonyl (C=O) groups is 1. The predicted octanol–water partition coefficient (Wildman–Crippen LogP) is 5.14. The molecule has 3 rings (SSSR count). The normalized spacial score (nSPS) is 10.6. The van der Waals surface area contributed by atoms with Gasteiger partial charge in [0.2, 0.25) is 0 Å². The molecule has 1 aromatic heterocycles. The minimum atomic E-state index is 0.493. The van der Waals surface area contributed by atoms with E-state index >= 15 is 0 Å². The molecule has 24 heavy (non-hydrogen) atoms. The highest BCUT2D eigenvalue weighted by atomic mass is 35.5. The van der Waals surface area contributed by atoms with Crippen molar-refractivity contribution in [3.63, 3.8) is 0 Å². The van der Waals surface area contributed by atoms with Crippen LogP contribution < -0.4 is 4.74 Å². The Morgan fingerprint density at radius 1 is 1.04 bits per heavy atom. The summed E-state index contributed by atoms with van der Waals surface area (Å²) >= 11 is 5.88. The Kier molecular flexibility index (Phi) is 4.72. The average molecular weight is 340 g/mol. The van der Waals surface area contributed by atoms with Crippen molar-refractivity contribution in [1.29, 1.82) is 0 Å². The third-order valence-electron chi connectivity index (χ3n) is 4.01. The number of rotatable bonds is 5. The lowest BCUT2D eigenvalue weighted by Crippen LogP contribution is -2.00. The lowest BCUT2D eigenvalue weighted by Gasteiger charge is -2.11. The fourth-order valence-electron chi connectivity index (χ4n) is 2.74. The van der Waals surface area contributed by atoms with E-state index in [9.17, 15) is 4.79 Å². The van der Waals surface area contributed by atoms with E-state index in [1.54, 1.807) is 0 Å². The number of carbonyl (C=O) groups excluding carboxylic acids is 1. The van der Waals surface area contributed by atoms with E-state index in [1.807, 2.05) is 68.4 Å². The molecule has 0 amide bonds. The predicted molar refractivity (Wildman–Crippen MR) is 96.4 cm³/mol. The maximum absolute atomic E-state index is 11.1. The van der Waals surface area contributed by atoms with Crippen molar-refractivity contribution in [1.82, 2.24) is 4.57 Å². The fourth-order valence-corrected chi connectivity index (χ4v) is 2.87. The molecule has 1 heterocycles. The second-order valence-electron chi connectivity index (χ2n) is 5.69. The molecule has 0 atom stereocenters. The van der Waals surface area contributed by atoms with Crippen LogP contribution in [-0.2, 0) is 6.61 Å². The number of hydrogen-bond donors (Lipinski definition) is 0. The first-order chi connectivity index (χ1) is 11.6. The number of ether oxygens (including phenoxy) is 1. The van der Waals surface area contributed by atoms with Crippen LogP contribution in [0.15, 0.2) is 54.6 Å². The average Bonchev–Trinajstić information content (AvgIpc) is 2.89. The lowest BCUT2D eigenvalue weighted by atomic mass is 10.2. The Hall–Kier alpha value is -2.52. The van der Waals surface area contributed by atoms with Crippen molar-refractivity contribution in [2.45, 2.75) is 20.5 Å². The van der Waals surface area contributed by atoms with Crippen molar-refractivity contribution >= 4 is 17.9 Å². The number of aryl methyl sites for hydroxylation is 1. The van der Waals surface area contributed by atoms with E-state index in [0.29, 0.717) is 6.61 Å². The lowest BCUT2D eigenvalue weighted by molar-refractivity contribution is 0.112. The smallest absolute Gasteiger partial charge is 0.151 e. The monoisotopic (exact) mass is 339 g/mol. The summed E-state index contributed by atoms with van der Waals surface area (Å²) in [5.41, 5.74) is 4.77. The highest BCUT2D eigenvalue weighted by Gasteiger charge is 2.10. The topological polar surface area (TPSA) is 31.2 Å². The van der Waals surface area contributed by atoms with Gasteiger partial charge in [-0.1, -0.05) is 23.7 Å². The molecule has 122 valence electrons. The first-order valence-corrected chi connectivity index (χ1v) is 8.08. The van der Waals surface area contributed by atoms with Crippen molar-refractivity contribution < 1.29 is 9.53 Å². The standard InChI is InChI=1S/C20H18ClNO2/c1-14-11-17(12-23)15(2)22(14)19-7-9-20(10-8-19)24-13-16-3-5-18(21)6-4-16/h3-12H,13H2,1-2H3. The Balaban J connectivity index is 1.75. The molecule has 0 spiro atoms. The molecule has 0 N–H and O–H groups in total. The summed E-state index contributed by atoms with van der Waals surface area (Å²) in [5.74, 6) is 0.798. The van der Waals surface area contributed by atoms with Gasteiger partial charge in [0.15, 0.2) is 6.29 Å². The van der Waals surface area contributed by atoms with E-state index in [0.717, 1.165) is 45.3 Å². The van der Waals surface area contributed by atoms with Gasteiger partial charge < -0.3 is 9.30 Å². The Labute approximate surface area is 146 Å². The molecule has 0 saturated carbocycles. The molecule has 2 aromatic carbocycles. The summed E-state index contributed by atoms with van der Waals surface area (Å²) in [6, 6.07) is 17.4. The van der Waals surface area contributed by atoms with Crippen LogP contribution in [0.25, 0.3) is 5.69 Å². The summed E-state index contributed by atoms with van der Waals surface area (Å²) in [7, 11) is 0. The number of aromatic nitrogens is 1. The minimum absolute atomic E-state index is 0.493. The molecular weight excluding hydrogens is 322 g/mol. The molecule has 0 aliphatic rings. The molecule has 0 bridgehead atoms. The Bertz CT molecular complexity index is 849. The molecule has 0 aliphatic carbocycles. The van der Waals surface area contributed by atoms with Gasteiger partial charge in [-0.15, -0.1) is 0 Å². The van der Waals surface area contributed by atoms with Crippen molar-refractivity contribution in [2.24, 2.45) is 0 Å². The number of nitrogens with zero attached hydrogens (tertiary/aromatic N) is 1. The molecule has 0 radical (unpaired) electrons. The highest BCUT2D eigenvalue weighted by molar-refractivity contribution is 6.30. The van der Waals surface area contributed by atoms with E-state index < -0.39 is 0 Å². The van der Waals surface area contributed by atoms with Crippen LogP contribution in [0.4, 0.5) is 0 Å². The first kappa shape index (κ1) is 16.3. The van der Waals surface area contributed by atoms with Crippen LogP contribution in [0, 0.1) is 13.8 Å². The summed E-state index contributed by atoms with van der Waals surface area (Å²) in [5, 5.41) is 0.718. The third kappa shape index (κ3) is 3.36. The van der Waals surface area contributed by atoms with Gasteiger partial charge in [-0.25, -0.2) is 0 Å². The van der Waals surface area contributed by atoms with Crippen molar-refractivity contribution in [3.8, 4) is 11.4 Å². The van der Waals surface area contributed by atoms with Crippen LogP contribution in [-0.4, -0.2) is 10.9 Å². The summed E-state index contributed by atoms with van der Waals surface area (Å²) in [6.07, 6.45) is 0.891. The van der Waals surface area contributed by atoms with Crippen LogP contribution in [0.2, 0.25) is 5.02 Å². The van der Waals surface area contributed by atoms with Gasteiger partial charge >= 0.3 is 0 Å². The number of hydrogen-bond acceptors (Lipinski definition) is 2. The van der Waals surface area contributed by atoms with Crippen molar-refractivity contribution in [2.75, 3.05) is 0 Å². The first-order valence-electron chi connectivity index (χ1n) is 7.70. The third-order valence-corrected chi connectivity index (χ3v) is 4.26. The Morgan fingerprint density at radius 3 is 2.29 bits per heavy atom. The molecule has 3 aromatic rings. The SMILES string of the molecule is Cc1cc(C=O)c(C)n1-c1ccc(OCc2ccc(Cl)cc2)cc1. The zero-order valence-corrected chi connectivity index (χ0v) is 14.4. The fraction of sp³-hybridized carbons (Fsp3) is 0.150. The molecule has 0 unspecified atom stereocenters. The molecule has 0 fully saturated rings. The molecule has 0 saturated heterocycles. The van der Waals surface area contributed by atoms with Crippen LogP contribution >= 0.6 is 11.6 Å². The maximum atomic E-state index is 11.1. The quantitative estimate of drug-likeness (QED) is 0.603. The second kappa shape index (κ2) is 6.93. The van der Waals surface area contributed by atoms with Gasteiger partial charge in [0.25, 0.3) is 0 Å². The number of aldehydes is 1. The van der Waals surface area contributed by atoms with Crippen molar-refractivity contribution in [3.05, 3.63) is 82.1 Å². The second-order valence-corrected chi connectivity index (χ2v) is 6.13. The van der Waals surface area contributed by atoms with E-state index in [2.05, 4.69) is 4.57 Å². The van der Waals surface area contributed by atoms with E-state index in [1.165, 1.54) is 0 Å². The molecule has 0 aliphatic heterocycles. The van der Waals surface area contributed by atoms with Gasteiger partial charge in [0.1, 0.15) is 12.4 Å². The van der Waals surface area contributed by atoms with Gasteiger partial charge in [0, 0.05) is 27.7 Å². The van der Waals surface area contributed by atoms with Gasteiger partial charge in [-0.3, -0.25) is 4.79 Å². The Morgan fingerprint density at radius 2 is 1.71 bits per heavy atom. The molecule has 3 nitrogen and oxygen atoms in total. The van der Waals surface area contributed by atoms with Crippen LogP contribution in [0.1, 0.15) is 27.3 Å². The zero-order chi connectivity index (χ0) is 17.1. The summed E-state index contributed by atoms with van der Waals surface area (Å²) in [4.78, 5) is 11.1. The minimum Gasteiger partial charge on any atom is -0.489 e.